The van der Waals surface area contributed by atoms with Crippen LogP contribution in [-0.2, 0) is 6.61 Å². The monoisotopic (exact) mass is 776 g/mol. The molecule has 0 radical (unpaired) electrons. The van der Waals surface area contributed by atoms with E-state index in [1.54, 1.807) is 7.11 Å². The quantitative estimate of drug-likeness (QED) is 0.134. The van der Waals surface area contributed by atoms with Crippen LogP contribution in [0, 0.1) is 0 Å². The summed E-state index contributed by atoms with van der Waals surface area (Å²) >= 11 is 0. The molecule has 0 bridgehead atoms. The van der Waals surface area contributed by atoms with Gasteiger partial charge in [0.05, 0.1) is 25.1 Å². The number of aliphatic hydroxyl groups is 1. The first-order valence-electron chi connectivity index (χ1n) is 20.2. The van der Waals surface area contributed by atoms with Crippen molar-refractivity contribution < 1.29 is 9.84 Å². The summed E-state index contributed by atoms with van der Waals surface area (Å²) in [6.45, 7) is -0.190. The molecule has 9 rings (SSSR count). The molecule has 0 aliphatic carbocycles. The molecule has 0 atom stereocenters. The highest BCUT2D eigenvalue weighted by atomic mass is 16.5. The van der Waals surface area contributed by atoms with E-state index >= 15 is 0 Å². The first-order chi connectivity index (χ1) is 29.7. The van der Waals surface area contributed by atoms with Crippen LogP contribution in [0.5, 0.6) is 5.75 Å². The largest absolute Gasteiger partial charge is 0.495 e. The fourth-order valence-electron chi connectivity index (χ4n) is 7.86. The van der Waals surface area contributed by atoms with Gasteiger partial charge in [-0.3, -0.25) is 0 Å². The Labute approximate surface area is 352 Å². The number of nitrogens with zero attached hydrogens (tertiary/aromatic N) is 2. The molecule has 0 unspecified atom stereocenters. The number of anilines is 6. The van der Waals surface area contributed by atoms with Crippen LogP contribution < -0.4 is 14.5 Å². The lowest BCUT2D eigenvalue weighted by Crippen LogP contribution is -2.16. The molecule has 4 heteroatoms. The van der Waals surface area contributed by atoms with Gasteiger partial charge < -0.3 is 19.6 Å². The molecule has 290 valence electrons. The molecule has 0 amide bonds. The van der Waals surface area contributed by atoms with Gasteiger partial charge in [-0.15, -0.1) is 0 Å². The standard InChI is InChI=1S/C56H44N2O2/c1-60-56-38-49(40-59)54(57(50-30-22-45(23-31-50)41-14-6-2-7-15-41)51-32-24-46(25-33-51)42-16-8-3-9-17-42)39-55(56)58(52-34-26-47(27-35-52)43-18-10-4-11-19-43)53-36-28-48(29-37-53)44-20-12-5-13-21-44/h2-39,59H,40H2,1H3. The molecule has 0 aromatic heterocycles. The van der Waals surface area contributed by atoms with E-state index in [1.807, 2.05) is 30.3 Å². The molecule has 9 aromatic rings. The third-order valence-electron chi connectivity index (χ3n) is 11.0. The lowest BCUT2D eigenvalue weighted by atomic mass is 10.0. The molecule has 0 saturated heterocycles. The van der Waals surface area contributed by atoms with Crippen LogP contribution in [0.3, 0.4) is 0 Å². The Morgan fingerprint density at radius 2 is 0.600 bits per heavy atom. The van der Waals surface area contributed by atoms with Crippen LogP contribution in [0.4, 0.5) is 34.1 Å². The summed E-state index contributed by atoms with van der Waals surface area (Å²) in [6.07, 6.45) is 0. The smallest absolute Gasteiger partial charge is 0.143 e. The summed E-state index contributed by atoms with van der Waals surface area (Å²) in [7, 11) is 1.69. The predicted molar refractivity (Wildman–Crippen MR) is 250 cm³/mol. The van der Waals surface area contributed by atoms with E-state index in [9.17, 15) is 5.11 Å². The fraction of sp³-hybridized carbons (Fsp3) is 0.0357. The van der Waals surface area contributed by atoms with E-state index in [0.717, 1.165) is 84.2 Å². The molecule has 0 saturated carbocycles. The minimum atomic E-state index is -0.190. The van der Waals surface area contributed by atoms with Crippen molar-refractivity contribution >= 4 is 34.1 Å². The lowest BCUT2D eigenvalue weighted by molar-refractivity contribution is 0.281. The maximum Gasteiger partial charge on any atom is 0.143 e. The zero-order valence-electron chi connectivity index (χ0n) is 33.4. The summed E-state index contributed by atoms with van der Waals surface area (Å²) in [5.74, 6) is 0.640. The molecule has 0 heterocycles. The van der Waals surface area contributed by atoms with Gasteiger partial charge in [-0.2, -0.15) is 0 Å². The topological polar surface area (TPSA) is 35.9 Å². The molecular formula is C56H44N2O2. The summed E-state index contributed by atoms with van der Waals surface area (Å²) in [4.78, 5) is 4.47. The van der Waals surface area contributed by atoms with Crippen LogP contribution in [-0.4, -0.2) is 12.2 Å². The maximum absolute atomic E-state index is 11.1. The zero-order chi connectivity index (χ0) is 40.7. The number of hydrogen-bond donors (Lipinski definition) is 1. The van der Waals surface area contributed by atoms with Gasteiger partial charge in [-0.1, -0.05) is 170 Å². The van der Waals surface area contributed by atoms with Gasteiger partial charge >= 0.3 is 0 Å². The number of hydrogen-bond acceptors (Lipinski definition) is 4. The van der Waals surface area contributed by atoms with E-state index in [0.29, 0.717) is 5.75 Å². The van der Waals surface area contributed by atoms with Crippen LogP contribution in [0.2, 0.25) is 0 Å². The van der Waals surface area contributed by atoms with E-state index in [4.69, 9.17) is 4.74 Å². The van der Waals surface area contributed by atoms with Crippen molar-refractivity contribution in [2.45, 2.75) is 6.61 Å². The van der Waals surface area contributed by atoms with Gasteiger partial charge in [-0.05, 0) is 105 Å². The van der Waals surface area contributed by atoms with E-state index in [1.165, 1.54) is 0 Å². The Balaban J connectivity index is 1.21. The molecule has 60 heavy (non-hydrogen) atoms. The maximum atomic E-state index is 11.1. The molecule has 0 fully saturated rings. The number of benzene rings is 9. The van der Waals surface area contributed by atoms with Gasteiger partial charge in [0.15, 0.2) is 0 Å². The SMILES string of the molecule is COc1cc(CO)c(N(c2ccc(-c3ccccc3)cc2)c2ccc(-c3ccccc3)cc2)cc1N(c1ccc(-c2ccccc2)cc1)c1ccc(-c2ccccc2)cc1. The Kier molecular flexibility index (Phi) is 11.0. The Morgan fingerprint density at radius 1 is 0.333 bits per heavy atom. The number of ether oxygens (including phenoxy) is 1. The minimum Gasteiger partial charge on any atom is -0.495 e. The van der Waals surface area contributed by atoms with Crippen molar-refractivity contribution in [1.82, 2.24) is 0 Å². The van der Waals surface area contributed by atoms with E-state index < -0.39 is 0 Å². The fourth-order valence-corrected chi connectivity index (χ4v) is 7.86. The number of methoxy groups -OCH3 is 1. The normalized spacial score (nSPS) is 10.9. The summed E-state index contributed by atoms with van der Waals surface area (Å²) < 4.78 is 6.20. The predicted octanol–water partition coefficient (Wildman–Crippen LogP) is 14.8. The molecule has 9 aromatic carbocycles. The number of aliphatic hydroxyl groups excluding tert-OH is 1. The van der Waals surface area contributed by atoms with Crippen molar-refractivity contribution in [3.63, 3.8) is 0 Å². The van der Waals surface area contributed by atoms with Crippen LogP contribution in [0.1, 0.15) is 5.56 Å². The van der Waals surface area contributed by atoms with Gasteiger partial charge in [0.25, 0.3) is 0 Å². The van der Waals surface area contributed by atoms with Gasteiger partial charge in [0.1, 0.15) is 5.75 Å². The average molecular weight is 777 g/mol. The van der Waals surface area contributed by atoms with Gasteiger partial charge in [0, 0.05) is 28.3 Å². The third-order valence-corrected chi connectivity index (χ3v) is 11.0. The van der Waals surface area contributed by atoms with E-state index in [-0.39, 0.29) is 6.61 Å². The van der Waals surface area contributed by atoms with Crippen molar-refractivity contribution in [3.8, 4) is 50.3 Å². The van der Waals surface area contributed by atoms with Crippen LogP contribution in [0.25, 0.3) is 44.5 Å². The van der Waals surface area contributed by atoms with E-state index in [2.05, 4.69) is 210 Å². The first kappa shape index (κ1) is 37.9. The second kappa shape index (κ2) is 17.5. The summed E-state index contributed by atoms with van der Waals surface area (Å²) in [5, 5.41) is 11.1. The van der Waals surface area contributed by atoms with Crippen LogP contribution >= 0.6 is 0 Å². The summed E-state index contributed by atoms with van der Waals surface area (Å²) in [6, 6.07) is 80.4. The molecule has 4 nitrogen and oxygen atoms in total. The van der Waals surface area contributed by atoms with Crippen molar-refractivity contribution in [2.24, 2.45) is 0 Å². The molecular weight excluding hydrogens is 733 g/mol. The van der Waals surface area contributed by atoms with Crippen molar-refractivity contribution in [3.05, 3.63) is 236 Å². The summed E-state index contributed by atoms with van der Waals surface area (Å²) in [5.41, 5.74) is 15.4. The molecule has 0 spiro atoms. The molecule has 1 N–H and O–H groups in total. The molecule has 0 aliphatic rings. The van der Waals surface area contributed by atoms with Crippen LogP contribution in [0.15, 0.2) is 231 Å². The highest BCUT2D eigenvalue weighted by Gasteiger charge is 2.24. The Hall–Kier alpha value is -7.66. The minimum absolute atomic E-state index is 0.190. The second-order valence-corrected chi connectivity index (χ2v) is 14.6. The second-order valence-electron chi connectivity index (χ2n) is 14.6. The third kappa shape index (κ3) is 7.93. The van der Waals surface area contributed by atoms with Crippen molar-refractivity contribution in [1.29, 1.82) is 0 Å². The number of rotatable bonds is 12. The zero-order valence-corrected chi connectivity index (χ0v) is 33.4. The lowest BCUT2D eigenvalue weighted by Gasteiger charge is -2.32. The molecule has 0 aliphatic heterocycles. The average Bonchev–Trinajstić information content (AvgIpc) is 3.34. The highest BCUT2D eigenvalue weighted by Crippen LogP contribution is 2.47. The van der Waals surface area contributed by atoms with Gasteiger partial charge in [0.2, 0.25) is 0 Å². The first-order valence-corrected chi connectivity index (χ1v) is 20.2. The van der Waals surface area contributed by atoms with Crippen molar-refractivity contribution in [2.75, 3.05) is 16.9 Å². The highest BCUT2D eigenvalue weighted by molar-refractivity contribution is 5.89. The van der Waals surface area contributed by atoms with Gasteiger partial charge in [-0.25, -0.2) is 0 Å². The Bertz CT molecular complexity index is 2420. The Morgan fingerprint density at radius 3 is 0.867 bits per heavy atom.